The molecule has 0 radical (unpaired) electrons. The lowest BCUT2D eigenvalue weighted by Gasteiger charge is -2.16. The van der Waals surface area contributed by atoms with Gasteiger partial charge in [-0.15, -0.1) is 0 Å². The molecule has 0 bridgehead atoms. The molecule has 0 aliphatic heterocycles. The second-order valence-electron chi connectivity index (χ2n) is 6.09. The first-order chi connectivity index (χ1) is 14.4. The van der Waals surface area contributed by atoms with Crippen LogP contribution in [0.2, 0.25) is 0 Å². The molecular weight excluding hydrogens is 401 g/mol. The third-order valence-electron chi connectivity index (χ3n) is 3.81. The zero-order chi connectivity index (χ0) is 21.9. The van der Waals surface area contributed by atoms with Gasteiger partial charge in [0.05, 0.1) is 6.10 Å². The van der Waals surface area contributed by atoms with Crippen LogP contribution < -0.4 is 20.7 Å². The van der Waals surface area contributed by atoms with E-state index in [1.54, 1.807) is 0 Å². The van der Waals surface area contributed by atoms with E-state index >= 15 is 0 Å². The minimum absolute atomic E-state index is 0.00372. The number of alkyl halides is 2. The lowest BCUT2D eigenvalue weighted by Crippen LogP contribution is -2.40. The molecule has 4 N–H and O–H groups in total. The van der Waals surface area contributed by atoms with Crippen LogP contribution in [0.25, 0.3) is 0 Å². The number of anilines is 1. The number of hydrogen-bond acceptors (Lipinski definition) is 4. The van der Waals surface area contributed by atoms with E-state index in [9.17, 15) is 23.1 Å². The van der Waals surface area contributed by atoms with Gasteiger partial charge in [-0.1, -0.05) is 12.1 Å². The number of halogens is 3. The number of rotatable bonds is 9. The van der Waals surface area contributed by atoms with Crippen molar-refractivity contribution in [2.75, 3.05) is 25.0 Å². The molecule has 0 aromatic heterocycles. The molecule has 10 heteroatoms. The Bertz CT molecular complexity index is 830. The van der Waals surface area contributed by atoms with Crippen molar-refractivity contribution in [3.8, 4) is 5.75 Å². The first-order valence-corrected chi connectivity index (χ1v) is 9.17. The van der Waals surface area contributed by atoms with Crippen molar-refractivity contribution in [2.45, 2.75) is 19.6 Å². The molecule has 0 saturated heterocycles. The Morgan fingerprint density at radius 1 is 1.10 bits per heavy atom. The van der Waals surface area contributed by atoms with Gasteiger partial charge in [0.1, 0.15) is 18.1 Å². The Morgan fingerprint density at radius 2 is 1.77 bits per heavy atom. The molecule has 0 spiro atoms. The van der Waals surface area contributed by atoms with Gasteiger partial charge < -0.3 is 25.8 Å². The fourth-order valence-electron chi connectivity index (χ4n) is 2.41. The summed E-state index contributed by atoms with van der Waals surface area (Å²) in [5.41, 5.74) is 0.943. The zero-order valence-electron chi connectivity index (χ0n) is 16.2. The van der Waals surface area contributed by atoms with Crippen molar-refractivity contribution in [3.63, 3.8) is 0 Å². The minimum Gasteiger partial charge on any atom is -0.435 e. The highest BCUT2D eigenvalue weighted by atomic mass is 19.3. The van der Waals surface area contributed by atoms with Crippen LogP contribution in [0.3, 0.4) is 0 Å². The summed E-state index contributed by atoms with van der Waals surface area (Å²) in [7, 11) is 0. The molecule has 0 aliphatic rings. The molecule has 7 nitrogen and oxygen atoms in total. The fourth-order valence-corrected chi connectivity index (χ4v) is 2.41. The number of hydrogen-bond donors (Lipinski definition) is 4. The van der Waals surface area contributed by atoms with Crippen LogP contribution in [0.1, 0.15) is 18.6 Å². The normalized spacial score (nSPS) is 12.4. The predicted molar refractivity (Wildman–Crippen MR) is 107 cm³/mol. The maximum Gasteiger partial charge on any atom is 0.387 e. The number of ether oxygens (including phenoxy) is 1. The fraction of sp³-hybridized carbons (Fsp3) is 0.300. The number of benzene rings is 2. The summed E-state index contributed by atoms with van der Waals surface area (Å²) in [5.74, 6) is -0.493. The molecule has 30 heavy (non-hydrogen) atoms. The van der Waals surface area contributed by atoms with Gasteiger partial charge in [-0.25, -0.2) is 9.38 Å². The van der Waals surface area contributed by atoms with Crippen LogP contribution in [-0.2, 0) is 4.79 Å². The van der Waals surface area contributed by atoms with Crippen molar-refractivity contribution >= 4 is 17.6 Å². The summed E-state index contributed by atoms with van der Waals surface area (Å²) >= 11 is 0. The van der Waals surface area contributed by atoms with Gasteiger partial charge in [-0.3, -0.25) is 4.79 Å². The number of nitrogens with zero attached hydrogens (tertiary/aromatic N) is 1. The number of aliphatic hydroxyl groups excluding tert-OH is 1. The average Bonchev–Trinajstić information content (AvgIpc) is 2.71. The Balaban J connectivity index is 1.87. The summed E-state index contributed by atoms with van der Waals surface area (Å²) in [5, 5.41) is 18.7. The summed E-state index contributed by atoms with van der Waals surface area (Å²) in [6.07, 6.45) is -0.942. The second-order valence-corrected chi connectivity index (χ2v) is 6.09. The van der Waals surface area contributed by atoms with E-state index in [0.29, 0.717) is 23.8 Å². The minimum atomic E-state index is -2.92. The van der Waals surface area contributed by atoms with Gasteiger partial charge >= 0.3 is 6.61 Å². The monoisotopic (exact) mass is 424 g/mol. The zero-order valence-corrected chi connectivity index (χ0v) is 16.2. The SMILES string of the molecule is CCNC(=NCC(=O)Nc1ccc(F)cc1)NCC(O)c1ccc(OC(F)F)cc1. The lowest BCUT2D eigenvalue weighted by molar-refractivity contribution is -0.114. The molecule has 2 aromatic carbocycles. The van der Waals surface area contributed by atoms with Crippen molar-refractivity contribution in [1.29, 1.82) is 0 Å². The Kier molecular flexibility index (Phi) is 8.95. The van der Waals surface area contributed by atoms with Crippen molar-refractivity contribution in [2.24, 2.45) is 4.99 Å². The molecule has 0 fully saturated rings. The quantitative estimate of drug-likeness (QED) is 0.367. The van der Waals surface area contributed by atoms with Crippen LogP contribution in [0.5, 0.6) is 5.75 Å². The second kappa shape index (κ2) is 11.7. The van der Waals surface area contributed by atoms with Crippen LogP contribution >= 0.6 is 0 Å². The number of amides is 1. The van der Waals surface area contributed by atoms with E-state index in [1.165, 1.54) is 48.5 Å². The Morgan fingerprint density at radius 3 is 2.37 bits per heavy atom. The van der Waals surface area contributed by atoms with Crippen LogP contribution in [-0.4, -0.2) is 43.2 Å². The number of nitrogens with one attached hydrogen (secondary N) is 3. The summed E-state index contributed by atoms with van der Waals surface area (Å²) in [6.45, 7) is -0.667. The van der Waals surface area contributed by atoms with E-state index in [4.69, 9.17) is 0 Å². The molecule has 1 atom stereocenters. The van der Waals surface area contributed by atoms with Crippen molar-refractivity contribution < 1.29 is 27.8 Å². The van der Waals surface area contributed by atoms with Gasteiger partial charge in [-0.05, 0) is 48.9 Å². The van der Waals surface area contributed by atoms with Crippen LogP contribution in [0.4, 0.5) is 18.9 Å². The predicted octanol–water partition coefficient (Wildman–Crippen LogP) is 2.65. The van der Waals surface area contributed by atoms with E-state index in [-0.39, 0.29) is 18.8 Å². The van der Waals surface area contributed by atoms with E-state index in [1.807, 2.05) is 6.92 Å². The molecule has 0 aliphatic carbocycles. The van der Waals surface area contributed by atoms with Crippen LogP contribution in [0.15, 0.2) is 53.5 Å². The largest absolute Gasteiger partial charge is 0.435 e. The lowest BCUT2D eigenvalue weighted by atomic mass is 10.1. The maximum absolute atomic E-state index is 12.9. The first kappa shape index (κ1) is 23.0. The Hall–Kier alpha value is -3.27. The molecule has 0 heterocycles. The van der Waals surface area contributed by atoms with Crippen molar-refractivity contribution in [1.82, 2.24) is 10.6 Å². The highest BCUT2D eigenvalue weighted by Crippen LogP contribution is 2.19. The number of aliphatic hydroxyl groups is 1. The third kappa shape index (κ3) is 8.00. The van der Waals surface area contributed by atoms with E-state index < -0.39 is 24.4 Å². The topological polar surface area (TPSA) is 95.0 Å². The van der Waals surface area contributed by atoms with Gasteiger partial charge in [0, 0.05) is 18.8 Å². The number of guanidine groups is 1. The van der Waals surface area contributed by atoms with E-state index in [2.05, 4.69) is 25.7 Å². The van der Waals surface area contributed by atoms with Gasteiger partial charge in [0.25, 0.3) is 0 Å². The smallest absolute Gasteiger partial charge is 0.387 e. The number of carbonyl (C=O) groups excluding carboxylic acids is 1. The molecule has 2 aromatic rings. The van der Waals surface area contributed by atoms with Crippen molar-refractivity contribution in [3.05, 3.63) is 59.9 Å². The standard InChI is InChI=1S/C20H23F3N4O3/c1-2-24-20(26-12-18(29)27-15-7-5-14(21)6-8-15)25-11-17(28)13-3-9-16(10-4-13)30-19(22)23/h3-10,17,19,28H,2,11-12H2,1H3,(H,27,29)(H2,24,25,26). The molecule has 1 unspecified atom stereocenters. The molecule has 0 saturated carbocycles. The molecular formula is C20H23F3N4O3. The number of aliphatic imine (C=N–C) groups is 1. The van der Waals surface area contributed by atoms with Gasteiger partial charge in [-0.2, -0.15) is 8.78 Å². The first-order valence-electron chi connectivity index (χ1n) is 9.17. The maximum atomic E-state index is 12.9. The molecule has 1 amide bonds. The van der Waals surface area contributed by atoms with Crippen LogP contribution in [0, 0.1) is 5.82 Å². The average molecular weight is 424 g/mol. The highest BCUT2D eigenvalue weighted by Gasteiger charge is 2.11. The molecule has 2 rings (SSSR count). The highest BCUT2D eigenvalue weighted by molar-refractivity contribution is 5.94. The summed E-state index contributed by atoms with van der Waals surface area (Å²) < 4.78 is 41.5. The summed E-state index contributed by atoms with van der Waals surface area (Å²) in [6, 6.07) is 11.0. The summed E-state index contributed by atoms with van der Waals surface area (Å²) in [4.78, 5) is 16.1. The molecule has 162 valence electrons. The van der Waals surface area contributed by atoms with Gasteiger partial charge in [0.15, 0.2) is 5.96 Å². The van der Waals surface area contributed by atoms with E-state index in [0.717, 1.165) is 0 Å². The number of carbonyl (C=O) groups is 1. The third-order valence-corrected chi connectivity index (χ3v) is 3.81. The Labute approximate surface area is 172 Å². The van der Waals surface area contributed by atoms with Gasteiger partial charge in [0.2, 0.25) is 5.91 Å².